The van der Waals surface area contributed by atoms with E-state index >= 15 is 0 Å². The Morgan fingerprint density at radius 1 is 1.29 bits per heavy atom. The van der Waals surface area contributed by atoms with Gasteiger partial charge in [0.15, 0.2) is 0 Å². The number of aromatic amines is 1. The molecule has 1 unspecified atom stereocenters. The Labute approximate surface area is 163 Å². The highest BCUT2D eigenvalue weighted by Gasteiger charge is 2.26. The van der Waals surface area contributed by atoms with Gasteiger partial charge >= 0.3 is 6.03 Å². The summed E-state index contributed by atoms with van der Waals surface area (Å²) in [5.74, 6) is 0.312. The SMILES string of the molecule is O=C(NCc1nc2ccc(F)cc2[nH]1)N1CCCCC1CCc1ccccn1. The molecular formula is C21H24FN5O. The maximum absolute atomic E-state index is 13.3. The van der Waals surface area contributed by atoms with Crippen LogP contribution < -0.4 is 5.32 Å². The van der Waals surface area contributed by atoms with Gasteiger partial charge < -0.3 is 15.2 Å². The summed E-state index contributed by atoms with van der Waals surface area (Å²) in [6.07, 6.45) is 6.77. The molecule has 0 aliphatic carbocycles. The van der Waals surface area contributed by atoms with Crippen LogP contribution in [0.25, 0.3) is 11.0 Å². The number of carbonyl (C=O) groups excluding carboxylic acids is 1. The quantitative estimate of drug-likeness (QED) is 0.706. The van der Waals surface area contributed by atoms with Gasteiger partial charge in [-0.15, -0.1) is 0 Å². The van der Waals surface area contributed by atoms with Gasteiger partial charge in [0, 0.05) is 24.5 Å². The lowest BCUT2D eigenvalue weighted by atomic mass is 9.97. The van der Waals surface area contributed by atoms with Gasteiger partial charge in [0.2, 0.25) is 0 Å². The number of halogens is 1. The van der Waals surface area contributed by atoms with Crippen LogP contribution in [0.4, 0.5) is 9.18 Å². The van der Waals surface area contributed by atoms with Gasteiger partial charge in [0.25, 0.3) is 0 Å². The predicted octanol–water partition coefficient (Wildman–Crippen LogP) is 3.79. The normalized spacial score (nSPS) is 17.0. The first-order valence-electron chi connectivity index (χ1n) is 9.77. The number of amides is 2. The van der Waals surface area contributed by atoms with E-state index in [1.54, 1.807) is 12.3 Å². The van der Waals surface area contributed by atoms with E-state index in [1.165, 1.54) is 12.1 Å². The monoisotopic (exact) mass is 381 g/mol. The Morgan fingerprint density at radius 2 is 2.21 bits per heavy atom. The Morgan fingerprint density at radius 3 is 3.07 bits per heavy atom. The lowest BCUT2D eigenvalue weighted by Crippen LogP contribution is -2.48. The van der Waals surface area contributed by atoms with Crippen LogP contribution in [0, 0.1) is 5.82 Å². The van der Waals surface area contributed by atoms with E-state index < -0.39 is 0 Å². The number of benzene rings is 1. The molecular weight excluding hydrogens is 357 g/mol. The highest BCUT2D eigenvalue weighted by molar-refractivity contribution is 5.76. The maximum Gasteiger partial charge on any atom is 0.318 e. The molecule has 0 saturated carbocycles. The number of nitrogens with zero attached hydrogens (tertiary/aromatic N) is 3. The molecule has 1 aliphatic heterocycles. The maximum atomic E-state index is 13.3. The van der Waals surface area contributed by atoms with Crippen LogP contribution in [0.3, 0.4) is 0 Å². The van der Waals surface area contributed by atoms with Crippen molar-refractivity contribution in [3.63, 3.8) is 0 Å². The van der Waals surface area contributed by atoms with Crippen molar-refractivity contribution in [1.29, 1.82) is 0 Å². The highest BCUT2D eigenvalue weighted by Crippen LogP contribution is 2.21. The van der Waals surface area contributed by atoms with Gasteiger partial charge in [0.1, 0.15) is 11.6 Å². The molecule has 28 heavy (non-hydrogen) atoms. The molecule has 2 amide bonds. The zero-order chi connectivity index (χ0) is 19.3. The molecule has 0 bridgehead atoms. The van der Waals surface area contributed by atoms with E-state index in [-0.39, 0.29) is 17.9 Å². The van der Waals surface area contributed by atoms with Crippen molar-refractivity contribution in [1.82, 2.24) is 25.2 Å². The van der Waals surface area contributed by atoms with E-state index in [0.29, 0.717) is 23.4 Å². The van der Waals surface area contributed by atoms with Crippen LogP contribution in [0.2, 0.25) is 0 Å². The Hall–Kier alpha value is -2.96. The summed E-state index contributed by atoms with van der Waals surface area (Å²) < 4.78 is 13.3. The van der Waals surface area contributed by atoms with Crippen molar-refractivity contribution < 1.29 is 9.18 Å². The van der Waals surface area contributed by atoms with Gasteiger partial charge in [-0.3, -0.25) is 4.98 Å². The largest absolute Gasteiger partial charge is 0.340 e. The first-order valence-corrected chi connectivity index (χ1v) is 9.77. The van der Waals surface area contributed by atoms with Gasteiger partial charge in [0.05, 0.1) is 17.6 Å². The lowest BCUT2D eigenvalue weighted by Gasteiger charge is -2.35. The number of H-pyrrole nitrogens is 1. The Kier molecular flexibility index (Phi) is 5.50. The molecule has 3 aromatic rings. The second-order valence-corrected chi connectivity index (χ2v) is 7.21. The summed E-state index contributed by atoms with van der Waals surface area (Å²) in [6.45, 7) is 1.06. The van der Waals surface area contributed by atoms with Crippen molar-refractivity contribution in [3.8, 4) is 0 Å². The van der Waals surface area contributed by atoms with E-state index in [4.69, 9.17) is 0 Å². The average Bonchev–Trinajstić information content (AvgIpc) is 3.13. The number of hydrogen-bond acceptors (Lipinski definition) is 3. The molecule has 1 atom stereocenters. The first kappa shape index (κ1) is 18.4. The predicted molar refractivity (Wildman–Crippen MR) is 105 cm³/mol. The molecule has 4 rings (SSSR count). The van der Waals surface area contributed by atoms with Crippen molar-refractivity contribution >= 4 is 17.1 Å². The number of carbonyl (C=O) groups is 1. The standard InChI is InChI=1S/C21H24FN5O/c22-15-7-10-18-19(13-15)26-20(25-18)14-24-21(28)27-12-4-2-6-17(27)9-8-16-5-1-3-11-23-16/h1,3,5,7,10-11,13,17H,2,4,6,8-9,12,14H2,(H,24,28)(H,25,26). The molecule has 2 aromatic heterocycles. The fraction of sp³-hybridized carbons (Fsp3) is 0.381. The minimum Gasteiger partial charge on any atom is -0.340 e. The number of aromatic nitrogens is 3. The summed E-state index contributed by atoms with van der Waals surface area (Å²) in [5, 5.41) is 2.96. The second kappa shape index (κ2) is 8.37. The minimum absolute atomic E-state index is 0.0719. The summed E-state index contributed by atoms with van der Waals surface area (Å²) >= 11 is 0. The van der Waals surface area contributed by atoms with E-state index in [0.717, 1.165) is 44.3 Å². The molecule has 6 nitrogen and oxygen atoms in total. The molecule has 1 aliphatic rings. The van der Waals surface area contributed by atoms with Gasteiger partial charge in [-0.25, -0.2) is 14.2 Å². The molecule has 0 radical (unpaired) electrons. The number of urea groups is 1. The van der Waals surface area contributed by atoms with E-state index in [1.807, 2.05) is 23.1 Å². The molecule has 1 fully saturated rings. The van der Waals surface area contributed by atoms with Gasteiger partial charge in [-0.05, 0) is 62.4 Å². The number of imidazole rings is 1. The van der Waals surface area contributed by atoms with Crippen LogP contribution >= 0.6 is 0 Å². The summed E-state index contributed by atoms with van der Waals surface area (Å²) in [6, 6.07) is 10.5. The van der Waals surface area contributed by atoms with Crippen LogP contribution in [0.1, 0.15) is 37.2 Å². The highest BCUT2D eigenvalue weighted by atomic mass is 19.1. The smallest absolute Gasteiger partial charge is 0.318 e. The number of hydrogen-bond donors (Lipinski definition) is 2. The number of nitrogens with one attached hydrogen (secondary N) is 2. The minimum atomic E-state index is -0.309. The molecule has 1 saturated heterocycles. The van der Waals surface area contributed by atoms with Crippen LogP contribution in [-0.4, -0.2) is 38.5 Å². The Balaban J connectivity index is 1.36. The molecule has 146 valence electrons. The third-order valence-electron chi connectivity index (χ3n) is 5.25. The van der Waals surface area contributed by atoms with Crippen LogP contribution in [0.15, 0.2) is 42.6 Å². The molecule has 7 heteroatoms. The number of rotatable bonds is 5. The fourth-order valence-electron chi connectivity index (χ4n) is 3.81. The topological polar surface area (TPSA) is 73.9 Å². The van der Waals surface area contributed by atoms with Crippen molar-refractivity contribution in [2.45, 2.75) is 44.7 Å². The lowest BCUT2D eigenvalue weighted by molar-refractivity contribution is 0.146. The number of likely N-dealkylation sites (tertiary alicyclic amines) is 1. The van der Waals surface area contributed by atoms with Crippen molar-refractivity contribution in [3.05, 3.63) is 59.9 Å². The fourth-order valence-corrected chi connectivity index (χ4v) is 3.81. The van der Waals surface area contributed by atoms with Crippen LogP contribution in [0.5, 0.6) is 0 Å². The number of fused-ring (bicyclic) bond motifs is 1. The van der Waals surface area contributed by atoms with Crippen molar-refractivity contribution in [2.75, 3.05) is 6.54 Å². The molecule has 1 aromatic carbocycles. The summed E-state index contributed by atoms with van der Waals surface area (Å²) in [7, 11) is 0. The number of piperidine rings is 1. The average molecular weight is 381 g/mol. The van der Waals surface area contributed by atoms with Crippen molar-refractivity contribution in [2.24, 2.45) is 0 Å². The Bertz CT molecular complexity index is 942. The number of aryl methyl sites for hydroxylation is 1. The molecule has 2 N–H and O–H groups in total. The van der Waals surface area contributed by atoms with E-state index in [9.17, 15) is 9.18 Å². The second-order valence-electron chi connectivity index (χ2n) is 7.21. The first-order chi connectivity index (χ1) is 13.7. The van der Waals surface area contributed by atoms with Crippen LogP contribution in [-0.2, 0) is 13.0 Å². The summed E-state index contributed by atoms with van der Waals surface area (Å²) in [4.78, 5) is 26.5. The number of pyridine rings is 1. The zero-order valence-corrected chi connectivity index (χ0v) is 15.7. The third kappa shape index (κ3) is 4.30. The van der Waals surface area contributed by atoms with Gasteiger partial charge in [-0.2, -0.15) is 0 Å². The zero-order valence-electron chi connectivity index (χ0n) is 15.7. The van der Waals surface area contributed by atoms with E-state index in [2.05, 4.69) is 20.3 Å². The molecule has 3 heterocycles. The summed E-state index contributed by atoms with van der Waals surface area (Å²) in [5.41, 5.74) is 2.38. The van der Waals surface area contributed by atoms with Gasteiger partial charge in [-0.1, -0.05) is 6.07 Å². The third-order valence-corrected chi connectivity index (χ3v) is 5.25. The molecule has 0 spiro atoms.